The van der Waals surface area contributed by atoms with Gasteiger partial charge in [0.15, 0.2) is 0 Å². The van der Waals surface area contributed by atoms with Crippen LogP contribution in [0.3, 0.4) is 0 Å². The van der Waals surface area contributed by atoms with Crippen LogP contribution in [-0.2, 0) is 6.18 Å². The van der Waals surface area contributed by atoms with E-state index in [1.807, 2.05) is 7.05 Å². The van der Waals surface area contributed by atoms with Crippen molar-refractivity contribution < 1.29 is 13.2 Å². The predicted octanol–water partition coefficient (Wildman–Crippen LogP) is 3.81. The van der Waals surface area contributed by atoms with Crippen molar-refractivity contribution in [1.29, 1.82) is 0 Å². The van der Waals surface area contributed by atoms with Gasteiger partial charge in [-0.3, -0.25) is 0 Å². The first-order valence-electron chi connectivity index (χ1n) is 6.28. The Morgan fingerprint density at radius 2 is 1.72 bits per heavy atom. The van der Waals surface area contributed by atoms with Gasteiger partial charge >= 0.3 is 6.18 Å². The first-order chi connectivity index (χ1) is 8.43. The lowest BCUT2D eigenvalue weighted by Crippen LogP contribution is -2.28. The highest BCUT2D eigenvalue weighted by molar-refractivity contribution is 5.28. The summed E-state index contributed by atoms with van der Waals surface area (Å²) in [6.07, 6.45) is -2.12. The minimum absolute atomic E-state index is 0.365. The molecule has 1 N–H and O–H groups in total. The molecule has 3 atom stereocenters. The van der Waals surface area contributed by atoms with Crippen molar-refractivity contribution in [3.63, 3.8) is 0 Å². The van der Waals surface area contributed by atoms with Crippen LogP contribution in [0.15, 0.2) is 24.3 Å². The number of hydrogen-bond acceptors (Lipinski definition) is 1. The molecule has 1 nitrogen and oxygen atoms in total. The van der Waals surface area contributed by atoms with Crippen LogP contribution in [0.2, 0.25) is 0 Å². The molecule has 0 bridgehead atoms. The van der Waals surface area contributed by atoms with E-state index in [1.54, 1.807) is 12.1 Å². The van der Waals surface area contributed by atoms with Crippen LogP contribution in [0.1, 0.15) is 36.8 Å². The molecule has 2 rings (SSSR count). The molecule has 18 heavy (non-hydrogen) atoms. The number of alkyl halides is 3. The topological polar surface area (TPSA) is 12.0 Å². The molecule has 3 unspecified atom stereocenters. The van der Waals surface area contributed by atoms with Gasteiger partial charge in [0, 0.05) is 6.04 Å². The molecule has 0 aromatic heterocycles. The van der Waals surface area contributed by atoms with Crippen molar-refractivity contribution in [2.24, 2.45) is 5.92 Å². The summed E-state index contributed by atoms with van der Waals surface area (Å²) in [6.45, 7) is 2.16. The molecule has 0 aliphatic heterocycles. The number of nitrogens with one attached hydrogen (secondary N) is 1. The van der Waals surface area contributed by atoms with Gasteiger partial charge in [-0.25, -0.2) is 0 Å². The number of benzene rings is 1. The van der Waals surface area contributed by atoms with Crippen LogP contribution in [0, 0.1) is 5.92 Å². The molecule has 0 radical (unpaired) electrons. The summed E-state index contributed by atoms with van der Waals surface area (Å²) in [7, 11) is 1.94. The van der Waals surface area contributed by atoms with Gasteiger partial charge in [-0.05, 0) is 49.4 Å². The SMILES string of the molecule is CNC1CCC(c2ccc(C(F)(F)F)cc2)C1C. The molecule has 1 aromatic rings. The van der Waals surface area contributed by atoms with Gasteiger partial charge in [-0.15, -0.1) is 0 Å². The van der Waals surface area contributed by atoms with Crippen LogP contribution in [0.5, 0.6) is 0 Å². The molecule has 0 spiro atoms. The van der Waals surface area contributed by atoms with E-state index in [1.165, 1.54) is 12.1 Å². The number of hydrogen-bond donors (Lipinski definition) is 1. The maximum absolute atomic E-state index is 12.5. The molecule has 0 amide bonds. The molecule has 1 aliphatic rings. The van der Waals surface area contributed by atoms with E-state index in [4.69, 9.17) is 0 Å². The van der Waals surface area contributed by atoms with E-state index in [-0.39, 0.29) is 0 Å². The standard InChI is InChI=1S/C14H18F3N/c1-9-12(7-8-13(9)18-2)10-3-5-11(6-4-10)14(15,16)17/h3-6,9,12-13,18H,7-8H2,1-2H3. The Balaban J connectivity index is 2.16. The largest absolute Gasteiger partial charge is 0.416 e. The molecule has 0 saturated heterocycles. The highest BCUT2D eigenvalue weighted by Crippen LogP contribution is 2.40. The van der Waals surface area contributed by atoms with Gasteiger partial charge in [0.2, 0.25) is 0 Å². The van der Waals surface area contributed by atoms with E-state index in [9.17, 15) is 13.2 Å². The highest BCUT2D eigenvalue weighted by atomic mass is 19.4. The fourth-order valence-electron chi connectivity index (χ4n) is 2.96. The minimum Gasteiger partial charge on any atom is -0.317 e. The van der Waals surface area contributed by atoms with Crippen molar-refractivity contribution in [3.05, 3.63) is 35.4 Å². The minimum atomic E-state index is -4.24. The molecule has 0 heterocycles. The van der Waals surface area contributed by atoms with Crippen LogP contribution < -0.4 is 5.32 Å². The van der Waals surface area contributed by atoms with E-state index >= 15 is 0 Å². The number of halogens is 3. The Kier molecular flexibility index (Phi) is 3.66. The highest BCUT2D eigenvalue weighted by Gasteiger charge is 2.34. The zero-order valence-corrected chi connectivity index (χ0v) is 10.6. The van der Waals surface area contributed by atoms with Gasteiger partial charge in [0.05, 0.1) is 5.56 Å². The lowest BCUT2D eigenvalue weighted by atomic mass is 9.88. The monoisotopic (exact) mass is 257 g/mol. The Labute approximate surface area is 105 Å². The summed E-state index contributed by atoms with van der Waals surface area (Å²) in [5.74, 6) is 0.830. The third-order valence-corrected chi connectivity index (χ3v) is 4.09. The molecule has 4 heteroatoms. The molecule has 1 fully saturated rings. The predicted molar refractivity (Wildman–Crippen MR) is 65.4 cm³/mol. The average molecular weight is 257 g/mol. The Morgan fingerprint density at radius 1 is 1.11 bits per heavy atom. The van der Waals surface area contributed by atoms with E-state index < -0.39 is 11.7 Å². The molecular formula is C14H18F3N. The van der Waals surface area contributed by atoms with E-state index in [2.05, 4.69) is 12.2 Å². The Morgan fingerprint density at radius 3 is 2.17 bits per heavy atom. The van der Waals surface area contributed by atoms with Gasteiger partial charge in [0.25, 0.3) is 0 Å². The lowest BCUT2D eigenvalue weighted by molar-refractivity contribution is -0.137. The lowest BCUT2D eigenvalue weighted by Gasteiger charge is -2.21. The summed E-state index contributed by atoms with van der Waals surface area (Å²) in [5, 5.41) is 3.27. The summed E-state index contributed by atoms with van der Waals surface area (Å²) in [4.78, 5) is 0. The second kappa shape index (κ2) is 4.92. The van der Waals surface area contributed by atoms with Gasteiger partial charge in [-0.2, -0.15) is 13.2 Å². The van der Waals surface area contributed by atoms with Gasteiger partial charge < -0.3 is 5.32 Å². The van der Waals surface area contributed by atoms with Crippen LogP contribution in [0.4, 0.5) is 13.2 Å². The average Bonchev–Trinajstić information content (AvgIpc) is 2.69. The maximum Gasteiger partial charge on any atom is 0.416 e. The Hall–Kier alpha value is -1.03. The normalized spacial score (nSPS) is 28.6. The summed E-state index contributed by atoms with van der Waals surface area (Å²) in [5.41, 5.74) is 0.454. The fourth-order valence-corrected chi connectivity index (χ4v) is 2.96. The zero-order valence-electron chi connectivity index (χ0n) is 10.6. The third kappa shape index (κ3) is 2.53. The summed E-state index contributed by atoms with van der Waals surface area (Å²) < 4.78 is 37.4. The van der Waals surface area contributed by atoms with Crippen molar-refractivity contribution in [1.82, 2.24) is 5.32 Å². The van der Waals surface area contributed by atoms with Gasteiger partial charge in [0.1, 0.15) is 0 Å². The van der Waals surface area contributed by atoms with Crippen molar-refractivity contribution in [3.8, 4) is 0 Å². The van der Waals surface area contributed by atoms with Crippen LogP contribution in [0.25, 0.3) is 0 Å². The van der Waals surface area contributed by atoms with Crippen LogP contribution >= 0.6 is 0 Å². The summed E-state index contributed by atoms with van der Waals surface area (Å²) >= 11 is 0. The maximum atomic E-state index is 12.5. The molecule has 100 valence electrons. The van der Waals surface area contributed by atoms with Crippen LogP contribution in [-0.4, -0.2) is 13.1 Å². The van der Waals surface area contributed by atoms with Crippen molar-refractivity contribution in [2.45, 2.75) is 37.9 Å². The van der Waals surface area contributed by atoms with Crippen molar-refractivity contribution in [2.75, 3.05) is 7.05 Å². The smallest absolute Gasteiger partial charge is 0.317 e. The molecule has 1 aliphatic carbocycles. The fraction of sp³-hybridized carbons (Fsp3) is 0.571. The van der Waals surface area contributed by atoms with E-state index in [0.717, 1.165) is 18.4 Å². The second-order valence-corrected chi connectivity index (χ2v) is 5.06. The third-order valence-electron chi connectivity index (χ3n) is 4.09. The quantitative estimate of drug-likeness (QED) is 0.849. The second-order valence-electron chi connectivity index (χ2n) is 5.06. The molecule has 1 saturated carbocycles. The van der Waals surface area contributed by atoms with Gasteiger partial charge in [-0.1, -0.05) is 19.1 Å². The summed E-state index contributed by atoms with van der Waals surface area (Å²) in [6, 6.07) is 6.10. The molecular weight excluding hydrogens is 239 g/mol. The Bertz CT molecular complexity index is 396. The van der Waals surface area contributed by atoms with Crippen molar-refractivity contribution >= 4 is 0 Å². The first kappa shape index (κ1) is 13.4. The number of rotatable bonds is 2. The molecule has 1 aromatic carbocycles. The first-order valence-corrected chi connectivity index (χ1v) is 6.28. The zero-order chi connectivity index (χ0) is 13.3. The van der Waals surface area contributed by atoms with E-state index in [0.29, 0.717) is 17.9 Å².